The first-order valence-corrected chi connectivity index (χ1v) is 6.56. The lowest BCUT2D eigenvalue weighted by Gasteiger charge is -2.05. The van der Waals surface area contributed by atoms with E-state index in [1.165, 1.54) is 6.33 Å². The van der Waals surface area contributed by atoms with Crippen molar-refractivity contribution in [3.05, 3.63) is 18.2 Å². The Morgan fingerprint density at radius 2 is 2.15 bits per heavy atom. The molecule has 0 aliphatic rings. The highest BCUT2D eigenvalue weighted by molar-refractivity contribution is 5.97. The predicted molar refractivity (Wildman–Crippen MR) is 75.0 cm³/mol. The molecular formula is C13H16N6O. The number of hydrogen-bond donors (Lipinski definition) is 1. The van der Waals surface area contributed by atoms with Crippen molar-refractivity contribution in [1.29, 1.82) is 0 Å². The summed E-state index contributed by atoms with van der Waals surface area (Å²) < 4.78 is 7.07. The molecule has 0 aliphatic heterocycles. The van der Waals surface area contributed by atoms with Crippen molar-refractivity contribution in [2.45, 2.75) is 33.2 Å². The summed E-state index contributed by atoms with van der Waals surface area (Å²) >= 11 is 0. The van der Waals surface area contributed by atoms with E-state index in [9.17, 15) is 0 Å². The zero-order valence-electron chi connectivity index (χ0n) is 11.7. The molecule has 20 heavy (non-hydrogen) atoms. The van der Waals surface area contributed by atoms with Crippen molar-refractivity contribution in [1.82, 2.24) is 24.9 Å². The summed E-state index contributed by atoms with van der Waals surface area (Å²) in [5.74, 6) is 1.21. The van der Waals surface area contributed by atoms with Gasteiger partial charge in [0, 0.05) is 18.5 Å². The number of hydrogen-bond acceptors (Lipinski definition) is 6. The summed E-state index contributed by atoms with van der Waals surface area (Å²) in [4.78, 5) is 8.34. The number of nitrogens with two attached hydrogens (primary N) is 1. The van der Waals surface area contributed by atoms with Crippen molar-refractivity contribution in [3.8, 4) is 11.4 Å². The third-order valence-electron chi connectivity index (χ3n) is 3.16. The average Bonchev–Trinajstić information content (AvgIpc) is 3.02. The highest BCUT2D eigenvalue weighted by atomic mass is 16.5. The van der Waals surface area contributed by atoms with Gasteiger partial charge >= 0.3 is 0 Å². The molecule has 3 aromatic rings. The van der Waals surface area contributed by atoms with E-state index < -0.39 is 0 Å². The molecule has 0 unspecified atom stereocenters. The summed E-state index contributed by atoms with van der Waals surface area (Å²) in [5, 5.41) is 9.36. The largest absolute Gasteiger partial charge is 0.383 e. The van der Waals surface area contributed by atoms with E-state index >= 15 is 0 Å². The van der Waals surface area contributed by atoms with Crippen LogP contribution in [0.3, 0.4) is 0 Å². The Labute approximate surface area is 115 Å². The topological polar surface area (TPSA) is 95.7 Å². The third kappa shape index (κ3) is 1.82. The van der Waals surface area contributed by atoms with Crippen LogP contribution in [0.2, 0.25) is 0 Å². The fraction of sp³-hybridized carbons (Fsp3) is 0.385. The van der Waals surface area contributed by atoms with Gasteiger partial charge in [-0.2, -0.15) is 5.10 Å². The van der Waals surface area contributed by atoms with E-state index in [0.29, 0.717) is 22.9 Å². The number of aryl methyl sites for hydroxylation is 1. The van der Waals surface area contributed by atoms with Crippen LogP contribution < -0.4 is 5.73 Å². The maximum Gasteiger partial charge on any atom is 0.164 e. The SMILES string of the molecule is CCc1cc(-c2nn(C(C)C)c3ncnc(N)c23)no1. The van der Waals surface area contributed by atoms with E-state index in [-0.39, 0.29) is 6.04 Å². The fourth-order valence-corrected chi connectivity index (χ4v) is 2.13. The van der Waals surface area contributed by atoms with Crippen LogP contribution in [0, 0.1) is 0 Å². The smallest absolute Gasteiger partial charge is 0.164 e. The molecule has 2 N–H and O–H groups in total. The predicted octanol–water partition coefficient (Wildman–Crippen LogP) is 2.21. The van der Waals surface area contributed by atoms with Gasteiger partial charge in [0.1, 0.15) is 29.3 Å². The van der Waals surface area contributed by atoms with Gasteiger partial charge in [-0.05, 0) is 13.8 Å². The van der Waals surface area contributed by atoms with Crippen LogP contribution in [0.1, 0.15) is 32.6 Å². The third-order valence-corrected chi connectivity index (χ3v) is 3.16. The maximum atomic E-state index is 5.98. The van der Waals surface area contributed by atoms with Crippen molar-refractivity contribution >= 4 is 16.9 Å². The average molecular weight is 272 g/mol. The minimum atomic E-state index is 0.165. The first kappa shape index (κ1) is 12.6. The highest BCUT2D eigenvalue weighted by Crippen LogP contribution is 2.31. The molecule has 0 spiro atoms. The molecular weight excluding hydrogens is 256 g/mol. The van der Waals surface area contributed by atoms with Crippen LogP contribution in [-0.4, -0.2) is 24.9 Å². The van der Waals surface area contributed by atoms with Crippen molar-refractivity contribution < 1.29 is 4.52 Å². The van der Waals surface area contributed by atoms with Gasteiger partial charge in [0.25, 0.3) is 0 Å². The maximum absolute atomic E-state index is 5.98. The summed E-state index contributed by atoms with van der Waals surface area (Å²) in [6, 6.07) is 2.04. The van der Waals surface area contributed by atoms with Crippen LogP contribution in [0.25, 0.3) is 22.4 Å². The lowest BCUT2D eigenvalue weighted by Crippen LogP contribution is -2.04. The summed E-state index contributed by atoms with van der Waals surface area (Å²) in [6.45, 7) is 6.08. The molecule has 0 fully saturated rings. The van der Waals surface area contributed by atoms with Gasteiger partial charge < -0.3 is 10.3 Å². The summed E-state index contributed by atoms with van der Waals surface area (Å²) in [6.07, 6.45) is 2.23. The molecule has 0 radical (unpaired) electrons. The van der Waals surface area contributed by atoms with Gasteiger partial charge in [-0.25, -0.2) is 14.6 Å². The molecule has 0 atom stereocenters. The first-order valence-electron chi connectivity index (χ1n) is 6.56. The van der Waals surface area contributed by atoms with Gasteiger partial charge in [-0.1, -0.05) is 12.1 Å². The first-order chi connectivity index (χ1) is 9.61. The van der Waals surface area contributed by atoms with Crippen LogP contribution in [0.4, 0.5) is 5.82 Å². The van der Waals surface area contributed by atoms with Gasteiger partial charge in [0.15, 0.2) is 5.65 Å². The Hall–Kier alpha value is -2.44. The lowest BCUT2D eigenvalue weighted by molar-refractivity contribution is 0.388. The summed E-state index contributed by atoms with van der Waals surface area (Å²) in [7, 11) is 0. The molecule has 3 rings (SSSR count). The number of anilines is 1. The van der Waals surface area contributed by atoms with Gasteiger partial charge in [-0.15, -0.1) is 0 Å². The lowest BCUT2D eigenvalue weighted by atomic mass is 10.2. The molecule has 7 nitrogen and oxygen atoms in total. The molecule has 0 amide bonds. The number of nitrogen functional groups attached to an aromatic ring is 1. The normalized spacial score (nSPS) is 11.6. The fourth-order valence-electron chi connectivity index (χ4n) is 2.13. The molecule has 0 bridgehead atoms. The number of rotatable bonds is 3. The van der Waals surface area contributed by atoms with E-state index in [2.05, 4.69) is 20.2 Å². The van der Waals surface area contributed by atoms with E-state index in [0.717, 1.165) is 17.6 Å². The van der Waals surface area contributed by atoms with E-state index in [1.54, 1.807) is 0 Å². The van der Waals surface area contributed by atoms with E-state index in [1.807, 2.05) is 31.5 Å². The van der Waals surface area contributed by atoms with Gasteiger partial charge in [0.2, 0.25) is 0 Å². The molecule has 0 saturated carbocycles. The summed E-state index contributed by atoms with van der Waals surface area (Å²) in [5.41, 5.74) is 8.02. The second-order valence-electron chi connectivity index (χ2n) is 4.88. The molecule has 104 valence electrons. The molecule has 0 saturated heterocycles. The Morgan fingerprint density at radius 3 is 2.80 bits per heavy atom. The Morgan fingerprint density at radius 1 is 1.35 bits per heavy atom. The highest BCUT2D eigenvalue weighted by Gasteiger charge is 2.20. The monoisotopic (exact) mass is 272 g/mol. The van der Waals surface area contributed by atoms with E-state index in [4.69, 9.17) is 10.3 Å². The molecule has 3 aromatic heterocycles. The number of nitrogens with zero attached hydrogens (tertiary/aromatic N) is 5. The van der Waals surface area contributed by atoms with Crippen molar-refractivity contribution in [3.63, 3.8) is 0 Å². The van der Waals surface area contributed by atoms with Crippen LogP contribution >= 0.6 is 0 Å². The molecule has 7 heteroatoms. The minimum absolute atomic E-state index is 0.165. The minimum Gasteiger partial charge on any atom is -0.383 e. The Balaban J connectivity index is 2.29. The van der Waals surface area contributed by atoms with Crippen LogP contribution in [0.15, 0.2) is 16.9 Å². The quantitative estimate of drug-likeness (QED) is 0.785. The molecule has 0 aliphatic carbocycles. The second-order valence-corrected chi connectivity index (χ2v) is 4.88. The van der Waals surface area contributed by atoms with Crippen molar-refractivity contribution in [2.75, 3.05) is 5.73 Å². The second kappa shape index (κ2) is 4.59. The zero-order valence-corrected chi connectivity index (χ0v) is 11.7. The Kier molecular flexibility index (Phi) is 2.89. The standard InChI is InChI=1S/C13H16N6O/c1-4-8-5-9(18-20-8)11-10-12(14)15-6-16-13(10)19(17-11)7(2)3/h5-7H,4H2,1-3H3,(H2,14,15,16). The van der Waals surface area contributed by atoms with Crippen LogP contribution in [0.5, 0.6) is 0 Å². The molecule has 0 aromatic carbocycles. The van der Waals surface area contributed by atoms with Crippen LogP contribution in [-0.2, 0) is 6.42 Å². The zero-order chi connectivity index (χ0) is 14.3. The molecule has 3 heterocycles. The number of aromatic nitrogens is 5. The number of fused-ring (bicyclic) bond motifs is 1. The van der Waals surface area contributed by atoms with Crippen molar-refractivity contribution in [2.24, 2.45) is 0 Å². The van der Waals surface area contributed by atoms with Gasteiger partial charge in [-0.3, -0.25) is 0 Å². The van der Waals surface area contributed by atoms with Gasteiger partial charge in [0.05, 0.1) is 5.39 Å². The Bertz CT molecular complexity index is 757.